The highest BCUT2D eigenvalue weighted by Crippen LogP contribution is 2.41. The smallest absolute Gasteiger partial charge is 0.131 e. The molecule has 1 aromatic heterocycles. The van der Waals surface area contributed by atoms with Crippen LogP contribution in [0.5, 0.6) is 0 Å². The van der Waals surface area contributed by atoms with Crippen LogP contribution in [0.2, 0.25) is 10.0 Å². The minimum Gasteiger partial charge on any atom is -0.383 e. The molecule has 1 aliphatic carbocycles. The molecule has 0 radical (unpaired) electrons. The maximum absolute atomic E-state index is 6.32. The van der Waals surface area contributed by atoms with E-state index >= 15 is 0 Å². The van der Waals surface area contributed by atoms with E-state index in [0.29, 0.717) is 16.1 Å². The molecule has 2 aromatic rings. The number of aromatic nitrogens is 2. The predicted octanol–water partition coefficient (Wildman–Crippen LogP) is 4.73. The van der Waals surface area contributed by atoms with Crippen molar-refractivity contribution in [2.75, 3.05) is 5.73 Å². The van der Waals surface area contributed by atoms with Crippen molar-refractivity contribution in [2.24, 2.45) is 0 Å². The highest BCUT2D eigenvalue weighted by Gasteiger charge is 2.29. The molecule has 0 unspecified atom stereocenters. The first-order valence-electron chi connectivity index (χ1n) is 6.93. The van der Waals surface area contributed by atoms with E-state index in [9.17, 15) is 0 Å². The van der Waals surface area contributed by atoms with Gasteiger partial charge in [-0.3, -0.25) is 0 Å². The summed E-state index contributed by atoms with van der Waals surface area (Å²) in [6, 6.07) is 5.96. The van der Waals surface area contributed by atoms with Crippen LogP contribution in [0.3, 0.4) is 0 Å². The number of hydrogen-bond donors (Lipinski definition) is 1. The van der Waals surface area contributed by atoms with Crippen molar-refractivity contribution in [2.45, 2.75) is 38.6 Å². The minimum atomic E-state index is 0.521. The first-order chi connectivity index (χ1) is 9.60. The van der Waals surface area contributed by atoms with E-state index in [2.05, 4.69) is 11.5 Å². The number of hydrogen-bond acceptors (Lipinski definition) is 2. The van der Waals surface area contributed by atoms with Crippen molar-refractivity contribution < 1.29 is 0 Å². The topological polar surface area (TPSA) is 43.8 Å². The summed E-state index contributed by atoms with van der Waals surface area (Å²) >= 11 is 12.2. The van der Waals surface area contributed by atoms with Crippen molar-refractivity contribution in [3.8, 4) is 11.3 Å². The Morgan fingerprint density at radius 3 is 2.45 bits per heavy atom. The average molecular weight is 310 g/mol. The molecule has 3 nitrogen and oxygen atoms in total. The summed E-state index contributed by atoms with van der Waals surface area (Å²) in [5.41, 5.74) is 8.00. The molecule has 0 aliphatic heterocycles. The highest BCUT2D eigenvalue weighted by atomic mass is 35.5. The van der Waals surface area contributed by atoms with Crippen molar-refractivity contribution in [1.29, 1.82) is 0 Å². The zero-order valence-electron chi connectivity index (χ0n) is 11.4. The molecule has 0 saturated heterocycles. The number of nitrogens with two attached hydrogens (primary N) is 1. The first kappa shape index (κ1) is 13.8. The third kappa shape index (κ3) is 2.52. The van der Waals surface area contributed by atoms with E-state index < -0.39 is 0 Å². The van der Waals surface area contributed by atoms with Gasteiger partial charge in [0.25, 0.3) is 0 Å². The Hall–Kier alpha value is -1.19. The van der Waals surface area contributed by atoms with Gasteiger partial charge in [0, 0.05) is 28.1 Å². The Balaban J connectivity index is 2.11. The van der Waals surface area contributed by atoms with E-state index in [1.165, 1.54) is 12.8 Å². The molecule has 0 atom stereocenters. The number of nitrogens with zero attached hydrogens (tertiary/aromatic N) is 2. The van der Waals surface area contributed by atoms with E-state index in [-0.39, 0.29) is 0 Å². The fourth-order valence-electron chi connectivity index (χ4n) is 2.54. The minimum absolute atomic E-state index is 0.521. The fourth-order valence-corrected chi connectivity index (χ4v) is 3.06. The second-order valence-electron chi connectivity index (χ2n) is 5.27. The van der Waals surface area contributed by atoms with E-state index in [1.807, 2.05) is 12.1 Å². The molecular formula is C15H17Cl2N3. The van der Waals surface area contributed by atoms with Gasteiger partial charge in [-0.2, -0.15) is 0 Å². The normalized spacial score (nSPS) is 14.8. The van der Waals surface area contributed by atoms with E-state index in [4.69, 9.17) is 33.9 Å². The molecule has 1 saturated carbocycles. The third-order valence-electron chi connectivity index (χ3n) is 3.54. The molecule has 0 spiro atoms. The molecule has 2 N–H and O–H groups in total. The van der Waals surface area contributed by atoms with Crippen molar-refractivity contribution in [3.05, 3.63) is 34.1 Å². The summed E-state index contributed by atoms with van der Waals surface area (Å²) in [6.07, 6.45) is 4.37. The first-order valence-corrected chi connectivity index (χ1v) is 7.68. The maximum Gasteiger partial charge on any atom is 0.131 e. The zero-order valence-corrected chi connectivity index (χ0v) is 12.9. The molecule has 20 heavy (non-hydrogen) atoms. The van der Waals surface area contributed by atoms with Crippen LogP contribution in [0.4, 0.5) is 5.82 Å². The molecular weight excluding hydrogens is 293 g/mol. The summed E-state index contributed by atoms with van der Waals surface area (Å²) in [5, 5.41) is 1.20. The monoisotopic (exact) mass is 309 g/mol. The SMILES string of the molecule is CCCc1nc(-c2cc(Cl)cc(Cl)c2)c(N)n1C1CC1. The lowest BCUT2D eigenvalue weighted by atomic mass is 10.1. The molecule has 1 aromatic carbocycles. The summed E-state index contributed by atoms with van der Waals surface area (Å²) in [5.74, 6) is 1.80. The fraction of sp³-hybridized carbons (Fsp3) is 0.400. The van der Waals surface area contributed by atoms with Gasteiger partial charge in [0.2, 0.25) is 0 Å². The Bertz CT molecular complexity index is 625. The number of nitrogen functional groups attached to an aromatic ring is 1. The van der Waals surface area contributed by atoms with Gasteiger partial charge >= 0.3 is 0 Å². The number of rotatable bonds is 4. The lowest BCUT2D eigenvalue weighted by Crippen LogP contribution is -2.05. The lowest BCUT2D eigenvalue weighted by molar-refractivity contribution is 0.676. The number of imidazole rings is 1. The van der Waals surface area contributed by atoms with E-state index in [0.717, 1.165) is 35.7 Å². The van der Waals surface area contributed by atoms with E-state index in [1.54, 1.807) is 6.07 Å². The largest absolute Gasteiger partial charge is 0.383 e. The van der Waals surface area contributed by atoms with Gasteiger partial charge in [0.15, 0.2) is 0 Å². The van der Waals surface area contributed by atoms with Crippen LogP contribution in [-0.4, -0.2) is 9.55 Å². The van der Waals surface area contributed by atoms with Crippen LogP contribution in [0, 0.1) is 0 Å². The highest BCUT2D eigenvalue weighted by molar-refractivity contribution is 6.35. The number of halogens is 2. The summed E-state index contributed by atoms with van der Waals surface area (Å²) in [4.78, 5) is 4.73. The number of aryl methyl sites for hydroxylation is 1. The van der Waals surface area contributed by atoms with Gasteiger partial charge in [0.1, 0.15) is 17.3 Å². The summed E-state index contributed by atoms with van der Waals surface area (Å²) in [7, 11) is 0. The molecule has 1 heterocycles. The van der Waals surface area contributed by atoms with Gasteiger partial charge in [-0.25, -0.2) is 4.98 Å². The number of anilines is 1. The molecule has 1 fully saturated rings. The van der Waals surface area contributed by atoms with Crippen LogP contribution >= 0.6 is 23.2 Å². The Labute approximate surface area is 128 Å². The Morgan fingerprint density at radius 2 is 1.90 bits per heavy atom. The van der Waals surface area contributed by atoms with Gasteiger partial charge in [-0.05, 0) is 37.5 Å². The molecule has 3 rings (SSSR count). The summed E-state index contributed by atoms with van der Waals surface area (Å²) < 4.78 is 2.19. The molecule has 1 aliphatic rings. The van der Waals surface area contributed by atoms with Gasteiger partial charge in [0.05, 0.1) is 0 Å². The van der Waals surface area contributed by atoms with Crippen LogP contribution in [0.1, 0.15) is 38.1 Å². The second kappa shape index (κ2) is 5.30. The molecule has 0 bridgehead atoms. The van der Waals surface area contributed by atoms with Crippen molar-refractivity contribution in [1.82, 2.24) is 9.55 Å². The van der Waals surface area contributed by atoms with Gasteiger partial charge in [-0.15, -0.1) is 0 Å². The molecule has 0 amide bonds. The zero-order chi connectivity index (χ0) is 14.3. The van der Waals surface area contributed by atoms with Gasteiger partial charge in [-0.1, -0.05) is 30.1 Å². The van der Waals surface area contributed by atoms with Crippen LogP contribution in [-0.2, 0) is 6.42 Å². The summed E-state index contributed by atoms with van der Waals surface area (Å²) in [6.45, 7) is 2.15. The van der Waals surface area contributed by atoms with Gasteiger partial charge < -0.3 is 10.3 Å². The van der Waals surface area contributed by atoms with Crippen LogP contribution in [0.25, 0.3) is 11.3 Å². The Morgan fingerprint density at radius 1 is 1.25 bits per heavy atom. The number of benzene rings is 1. The standard InChI is InChI=1S/C15H17Cl2N3/c1-2-3-13-19-14(15(18)20(13)12-4-5-12)9-6-10(16)8-11(17)7-9/h6-8,12H,2-5,18H2,1H3. The Kier molecular flexibility index (Phi) is 3.65. The predicted molar refractivity (Wildman–Crippen MR) is 84.4 cm³/mol. The third-order valence-corrected chi connectivity index (χ3v) is 3.98. The average Bonchev–Trinajstić information content (AvgIpc) is 3.14. The van der Waals surface area contributed by atoms with Crippen LogP contribution < -0.4 is 5.73 Å². The lowest BCUT2D eigenvalue weighted by Gasteiger charge is -2.07. The molecule has 106 valence electrons. The van der Waals surface area contributed by atoms with Crippen LogP contribution in [0.15, 0.2) is 18.2 Å². The quantitative estimate of drug-likeness (QED) is 0.887. The van der Waals surface area contributed by atoms with Crippen molar-refractivity contribution >= 4 is 29.0 Å². The molecule has 5 heteroatoms. The maximum atomic E-state index is 6.32. The van der Waals surface area contributed by atoms with Crippen molar-refractivity contribution in [3.63, 3.8) is 0 Å². The second-order valence-corrected chi connectivity index (χ2v) is 6.14.